The van der Waals surface area contributed by atoms with Gasteiger partial charge in [0.2, 0.25) is 0 Å². The third kappa shape index (κ3) is 8.34. The lowest BCUT2D eigenvalue weighted by atomic mass is 10.0. The molecule has 0 fully saturated rings. The summed E-state index contributed by atoms with van der Waals surface area (Å²) < 4.78 is 18.6. The zero-order valence-corrected chi connectivity index (χ0v) is 23.4. The first-order chi connectivity index (χ1) is 16.9. The fourth-order valence-corrected chi connectivity index (χ4v) is 4.90. The van der Waals surface area contributed by atoms with E-state index >= 15 is 0 Å². The molecule has 3 aromatic rings. The Kier molecular flexibility index (Phi) is 10.6. The fraction of sp³-hybridized carbons (Fsp3) is 0.276. The van der Waals surface area contributed by atoms with Gasteiger partial charge in [0.15, 0.2) is 6.10 Å². The third-order valence-electron chi connectivity index (χ3n) is 5.44. The lowest BCUT2D eigenvalue weighted by Gasteiger charge is -2.15. The molecule has 0 aliphatic heterocycles. The van der Waals surface area contributed by atoms with Crippen molar-refractivity contribution >= 4 is 43.4 Å². The number of esters is 1. The molecule has 0 saturated heterocycles. The second-order valence-corrected chi connectivity index (χ2v) is 9.81. The number of halogens is 2. The Morgan fingerprint density at radius 3 is 2.14 bits per heavy atom. The summed E-state index contributed by atoms with van der Waals surface area (Å²) >= 11 is 7.10. The SMILES string of the molecule is CCOC(=O)C(Cc1ccc(OC/C=C(\C)c2ccc(-c3cc(Br)cc(Br)c3)cc2)cc1)OCC. The molecule has 0 amide bonds. The molecule has 0 bridgehead atoms. The number of carbonyl (C=O) groups is 1. The van der Waals surface area contributed by atoms with Gasteiger partial charge in [-0.15, -0.1) is 0 Å². The molecule has 0 radical (unpaired) electrons. The highest BCUT2D eigenvalue weighted by Crippen LogP contribution is 2.28. The molecule has 0 aliphatic rings. The summed E-state index contributed by atoms with van der Waals surface area (Å²) in [6, 6.07) is 22.5. The van der Waals surface area contributed by atoms with E-state index in [-0.39, 0.29) is 5.97 Å². The molecule has 3 aromatic carbocycles. The van der Waals surface area contributed by atoms with Gasteiger partial charge >= 0.3 is 5.97 Å². The number of carbonyl (C=O) groups excluding carboxylic acids is 1. The van der Waals surface area contributed by atoms with Gasteiger partial charge in [-0.2, -0.15) is 0 Å². The van der Waals surface area contributed by atoms with Crippen molar-refractivity contribution < 1.29 is 19.0 Å². The molecule has 4 nitrogen and oxygen atoms in total. The number of allylic oxidation sites excluding steroid dienone is 1. The van der Waals surface area contributed by atoms with Crippen LogP contribution in [0.4, 0.5) is 0 Å². The van der Waals surface area contributed by atoms with Gasteiger partial charge in [-0.05, 0) is 85.0 Å². The molecule has 0 saturated carbocycles. The third-order valence-corrected chi connectivity index (χ3v) is 6.35. The number of rotatable bonds is 11. The predicted octanol–water partition coefficient (Wildman–Crippen LogP) is 7.87. The van der Waals surface area contributed by atoms with Gasteiger partial charge in [0.1, 0.15) is 12.4 Å². The van der Waals surface area contributed by atoms with Gasteiger partial charge in [0.05, 0.1) is 6.61 Å². The van der Waals surface area contributed by atoms with E-state index in [1.54, 1.807) is 6.92 Å². The van der Waals surface area contributed by atoms with Crippen molar-refractivity contribution in [3.8, 4) is 16.9 Å². The number of benzene rings is 3. The first-order valence-corrected chi connectivity index (χ1v) is 13.2. The number of ether oxygens (including phenoxy) is 3. The highest BCUT2D eigenvalue weighted by Gasteiger charge is 2.20. The van der Waals surface area contributed by atoms with Crippen LogP contribution in [0.1, 0.15) is 31.9 Å². The van der Waals surface area contributed by atoms with Gasteiger partial charge in [-0.25, -0.2) is 4.79 Å². The minimum atomic E-state index is -0.589. The Labute approximate surface area is 224 Å². The van der Waals surface area contributed by atoms with Crippen molar-refractivity contribution in [2.75, 3.05) is 19.8 Å². The summed E-state index contributed by atoms with van der Waals surface area (Å²) in [6.07, 6.45) is 1.96. The maximum absolute atomic E-state index is 12.1. The van der Waals surface area contributed by atoms with Gasteiger partial charge < -0.3 is 14.2 Å². The van der Waals surface area contributed by atoms with Crippen LogP contribution >= 0.6 is 31.9 Å². The van der Waals surface area contributed by atoms with E-state index in [0.717, 1.165) is 42.5 Å². The Bertz CT molecular complexity index is 1120. The molecule has 0 spiro atoms. The topological polar surface area (TPSA) is 44.8 Å². The van der Waals surface area contributed by atoms with Gasteiger partial charge in [-0.3, -0.25) is 0 Å². The van der Waals surface area contributed by atoms with Crippen molar-refractivity contribution in [2.45, 2.75) is 33.3 Å². The first-order valence-electron chi connectivity index (χ1n) is 11.6. The van der Waals surface area contributed by atoms with Gasteiger partial charge in [-0.1, -0.05) is 68.3 Å². The van der Waals surface area contributed by atoms with E-state index in [2.05, 4.69) is 81.3 Å². The van der Waals surface area contributed by atoms with Crippen LogP contribution in [0.3, 0.4) is 0 Å². The second kappa shape index (κ2) is 13.6. The van der Waals surface area contributed by atoms with Gasteiger partial charge in [0.25, 0.3) is 0 Å². The Morgan fingerprint density at radius 2 is 1.54 bits per heavy atom. The molecular formula is C29H30Br2O4. The van der Waals surface area contributed by atoms with Crippen LogP contribution in [-0.2, 0) is 20.7 Å². The summed E-state index contributed by atoms with van der Waals surface area (Å²) in [5, 5.41) is 0. The molecule has 3 rings (SSSR count). The van der Waals surface area contributed by atoms with E-state index < -0.39 is 6.10 Å². The van der Waals surface area contributed by atoms with Crippen LogP contribution in [0.15, 0.2) is 81.8 Å². The Balaban J connectivity index is 1.56. The molecule has 6 heteroatoms. The van der Waals surface area contributed by atoms with Crippen molar-refractivity contribution in [1.82, 2.24) is 0 Å². The van der Waals surface area contributed by atoms with Crippen molar-refractivity contribution in [3.05, 3.63) is 92.9 Å². The Hall–Kier alpha value is -2.41. The standard InChI is InChI=1S/C29H30Br2O4/c1-4-33-28(29(32)34-5-2)16-21-6-12-27(13-7-21)35-15-14-20(3)22-8-10-23(11-9-22)24-17-25(30)19-26(31)18-24/h6-14,17-19,28H,4-5,15-16H2,1-3H3/b20-14+. The highest BCUT2D eigenvalue weighted by atomic mass is 79.9. The normalized spacial score (nSPS) is 12.3. The summed E-state index contributed by atoms with van der Waals surface area (Å²) in [7, 11) is 0. The molecule has 1 unspecified atom stereocenters. The summed E-state index contributed by atoms with van der Waals surface area (Å²) in [4.78, 5) is 12.1. The first kappa shape index (κ1) is 27.2. The molecule has 0 N–H and O–H groups in total. The summed E-state index contributed by atoms with van der Waals surface area (Å²) in [6.45, 7) is 7.02. The molecular weight excluding hydrogens is 572 g/mol. The van der Waals surface area contributed by atoms with E-state index in [1.165, 1.54) is 0 Å². The Morgan fingerprint density at radius 1 is 0.886 bits per heavy atom. The van der Waals surface area contributed by atoms with Crippen molar-refractivity contribution in [2.24, 2.45) is 0 Å². The van der Waals surface area contributed by atoms with Crippen LogP contribution in [0.25, 0.3) is 16.7 Å². The molecule has 0 heterocycles. The van der Waals surface area contributed by atoms with Gasteiger partial charge in [0, 0.05) is 22.0 Å². The fourth-order valence-electron chi connectivity index (χ4n) is 3.61. The maximum atomic E-state index is 12.1. The van der Waals surface area contributed by atoms with Crippen LogP contribution in [0, 0.1) is 0 Å². The molecule has 35 heavy (non-hydrogen) atoms. The number of hydrogen-bond acceptors (Lipinski definition) is 4. The molecule has 0 aromatic heterocycles. The molecule has 1 atom stereocenters. The quantitative estimate of drug-likeness (QED) is 0.210. The van der Waals surface area contributed by atoms with Crippen molar-refractivity contribution in [3.63, 3.8) is 0 Å². The lowest BCUT2D eigenvalue weighted by Crippen LogP contribution is -2.28. The summed E-state index contributed by atoms with van der Waals surface area (Å²) in [5.74, 6) is 0.449. The van der Waals surface area contributed by atoms with E-state index in [0.29, 0.717) is 26.2 Å². The van der Waals surface area contributed by atoms with Crippen molar-refractivity contribution in [1.29, 1.82) is 0 Å². The average Bonchev–Trinajstić information content (AvgIpc) is 2.84. The smallest absolute Gasteiger partial charge is 0.335 e. The zero-order chi connectivity index (χ0) is 25.2. The van der Waals surface area contributed by atoms with E-state index in [1.807, 2.05) is 37.3 Å². The zero-order valence-electron chi connectivity index (χ0n) is 20.2. The summed E-state index contributed by atoms with van der Waals surface area (Å²) in [5.41, 5.74) is 5.61. The second-order valence-electron chi connectivity index (χ2n) is 7.98. The minimum absolute atomic E-state index is 0.326. The minimum Gasteiger partial charge on any atom is -0.490 e. The van der Waals surface area contributed by atoms with E-state index in [9.17, 15) is 4.79 Å². The largest absolute Gasteiger partial charge is 0.490 e. The van der Waals surface area contributed by atoms with Crippen LogP contribution in [0.2, 0.25) is 0 Å². The number of hydrogen-bond donors (Lipinski definition) is 0. The predicted molar refractivity (Wildman–Crippen MR) is 149 cm³/mol. The monoisotopic (exact) mass is 600 g/mol. The molecule has 184 valence electrons. The lowest BCUT2D eigenvalue weighted by molar-refractivity contribution is -0.156. The maximum Gasteiger partial charge on any atom is 0.335 e. The van der Waals surface area contributed by atoms with Crippen LogP contribution < -0.4 is 4.74 Å². The van der Waals surface area contributed by atoms with E-state index in [4.69, 9.17) is 14.2 Å². The average molecular weight is 602 g/mol. The van der Waals surface area contributed by atoms with Crippen LogP contribution in [-0.4, -0.2) is 31.9 Å². The highest BCUT2D eigenvalue weighted by molar-refractivity contribution is 9.11. The molecule has 0 aliphatic carbocycles. The van der Waals surface area contributed by atoms with Crippen LogP contribution in [0.5, 0.6) is 5.75 Å².